The summed E-state index contributed by atoms with van der Waals surface area (Å²) >= 11 is 0. The third-order valence-electron chi connectivity index (χ3n) is 5.80. The summed E-state index contributed by atoms with van der Waals surface area (Å²) in [4.78, 5) is 14.4. The first-order valence-corrected chi connectivity index (χ1v) is 9.51. The molecule has 1 amide bonds. The Morgan fingerprint density at radius 1 is 1.27 bits per heavy atom. The van der Waals surface area contributed by atoms with Crippen molar-refractivity contribution in [2.45, 2.75) is 49.9 Å². The van der Waals surface area contributed by atoms with E-state index in [1.165, 1.54) is 0 Å². The molecular formula is C21H25NO4. The summed E-state index contributed by atoms with van der Waals surface area (Å²) in [6.45, 7) is 1.76. The fourth-order valence-electron chi connectivity index (χ4n) is 4.43. The Morgan fingerprint density at radius 3 is 2.88 bits per heavy atom. The van der Waals surface area contributed by atoms with Crippen molar-refractivity contribution < 1.29 is 19.4 Å². The smallest absolute Gasteiger partial charge is 0.410 e. The van der Waals surface area contributed by atoms with Crippen LogP contribution in [-0.2, 0) is 9.47 Å². The highest BCUT2D eigenvalue weighted by Crippen LogP contribution is 2.43. The van der Waals surface area contributed by atoms with Gasteiger partial charge in [0.1, 0.15) is 11.7 Å². The van der Waals surface area contributed by atoms with Gasteiger partial charge in [0.2, 0.25) is 0 Å². The Morgan fingerprint density at radius 2 is 2.12 bits per heavy atom. The molecule has 2 aliphatic heterocycles. The number of nitrogens with zero attached hydrogens (tertiary/aromatic N) is 1. The number of fused-ring (bicyclic) bond motifs is 1. The number of rotatable bonds is 1. The van der Waals surface area contributed by atoms with Crippen LogP contribution in [0.2, 0.25) is 0 Å². The van der Waals surface area contributed by atoms with Gasteiger partial charge in [-0.15, -0.1) is 0 Å². The highest BCUT2D eigenvalue weighted by atomic mass is 16.6. The van der Waals surface area contributed by atoms with Gasteiger partial charge in [0.05, 0.1) is 13.2 Å². The monoisotopic (exact) mass is 355 g/mol. The first kappa shape index (κ1) is 17.4. The summed E-state index contributed by atoms with van der Waals surface area (Å²) < 4.78 is 10.9. The number of benzene rings is 1. The number of carbonyl (C=O) groups is 1. The van der Waals surface area contributed by atoms with E-state index in [4.69, 9.17) is 9.47 Å². The van der Waals surface area contributed by atoms with Crippen molar-refractivity contribution in [3.63, 3.8) is 0 Å². The molecule has 4 atom stereocenters. The number of amides is 1. The van der Waals surface area contributed by atoms with Crippen LogP contribution in [0.15, 0.2) is 30.3 Å². The van der Waals surface area contributed by atoms with Crippen molar-refractivity contribution in [2.24, 2.45) is 5.92 Å². The molecule has 0 unspecified atom stereocenters. The maximum absolute atomic E-state index is 12.6. The van der Waals surface area contributed by atoms with Crippen LogP contribution in [0.4, 0.5) is 4.79 Å². The number of hydrogen-bond donors (Lipinski definition) is 1. The lowest BCUT2D eigenvalue weighted by molar-refractivity contribution is -0.0181. The van der Waals surface area contributed by atoms with Crippen LogP contribution in [0.3, 0.4) is 0 Å². The molecule has 0 spiro atoms. The van der Waals surface area contributed by atoms with Gasteiger partial charge in [-0.1, -0.05) is 30.0 Å². The van der Waals surface area contributed by atoms with Crippen LogP contribution in [0.5, 0.6) is 0 Å². The molecule has 2 heterocycles. The van der Waals surface area contributed by atoms with E-state index in [9.17, 15) is 9.90 Å². The second kappa shape index (κ2) is 7.30. The van der Waals surface area contributed by atoms with Gasteiger partial charge >= 0.3 is 6.09 Å². The summed E-state index contributed by atoms with van der Waals surface area (Å²) in [5.74, 6) is 6.23. The van der Waals surface area contributed by atoms with Gasteiger partial charge in [-0.25, -0.2) is 4.79 Å². The van der Waals surface area contributed by atoms with E-state index in [-0.39, 0.29) is 24.2 Å². The molecule has 4 rings (SSSR count). The van der Waals surface area contributed by atoms with Gasteiger partial charge in [-0.05, 0) is 37.8 Å². The zero-order valence-corrected chi connectivity index (χ0v) is 14.9. The summed E-state index contributed by atoms with van der Waals surface area (Å²) in [7, 11) is 0. The average molecular weight is 355 g/mol. The van der Waals surface area contributed by atoms with Gasteiger partial charge in [0.15, 0.2) is 0 Å². The minimum absolute atomic E-state index is 0.00800. The van der Waals surface area contributed by atoms with Crippen LogP contribution < -0.4 is 0 Å². The van der Waals surface area contributed by atoms with E-state index in [0.29, 0.717) is 26.2 Å². The SMILES string of the molecule is O=C(O[C@@H]1CCOC1)N1CC[C@@H]2[C@H]1CCC[C@]2(O)C#Cc1ccccc1. The molecule has 1 N–H and O–H groups in total. The zero-order valence-electron chi connectivity index (χ0n) is 14.9. The number of ether oxygens (including phenoxy) is 2. The molecule has 0 bridgehead atoms. The third-order valence-corrected chi connectivity index (χ3v) is 5.80. The fraction of sp³-hybridized carbons (Fsp3) is 0.571. The van der Waals surface area contributed by atoms with Crippen LogP contribution in [-0.4, -0.2) is 53.6 Å². The van der Waals surface area contributed by atoms with Crippen molar-refractivity contribution in [1.82, 2.24) is 4.90 Å². The highest BCUT2D eigenvalue weighted by Gasteiger charge is 2.50. The van der Waals surface area contributed by atoms with Gasteiger partial charge in [0, 0.05) is 30.5 Å². The second-order valence-electron chi connectivity index (χ2n) is 7.46. The van der Waals surface area contributed by atoms with Crippen molar-refractivity contribution in [2.75, 3.05) is 19.8 Å². The van der Waals surface area contributed by atoms with Gasteiger partial charge in [-0.3, -0.25) is 0 Å². The lowest BCUT2D eigenvalue weighted by atomic mass is 9.73. The molecular weight excluding hydrogens is 330 g/mol. The lowest BCUT2D eigenvalue weighted by Crippen LogP contribution is -2.50. The first-order chi connectivity index (χ1) is 12.7. The molecule has 5 heteroatoms. The average Bonchev–Trinajstić information content (AvgIpc) is 3.31. The van der Waals surface area contributed by atoms with E-state index in [1.807, 2.05) is 30.3 Å². The van der Waals surface area contributed by atoms with Crippen molar-refractivity contribution in [3.8, 4) is 11.8 Å². The molecule has 5 nitrogen and oxygen atoms in total. The molecule has 2 saturated heterocycles. The number of hydrogen-bond acceptors (Lipinski definition) is 4. The molecule has 1 aromatic rings. The summed E-state index contributed by atoms with van der Waals surface area (Å²) in [5.41, 5.74) is -0.136. The minimum Gasteiger partial charge on any atom is -0.444 e. The molecule has 3 fully saturated rings. The molecule has 1 aliphatic carbocycles. The van der Waals surface area contributed by atoms with E-state index < -0.39 is 5.60 Å². The maximum atomic E-state index is 12.6. The Kier molecular flexibility index (Phi) is 4.88. The third kappa shape index (κ3) is 3.44. The van der Waals surface area contributed by atoms with Crippen LogP contribution >= 0.6 is 0 Å². The lowest BCUT2D eigenvalue weighted by Gasteiger charge is -2.40. The fourth-order valence-corrected chi connectivity index (χ4v) is 4.43. The molecule has 26 heavy (non-hydrogen) atoms. The highest BCUT2D eigenvalue weighted by molar-refractivity contribution is 5.69. The predicted octanol–water partition coefficient (Wildman–Crippen LogP) is 2.57. The number of aliphatic hydroxyl groups is 1. The maximum Gasteiger partial charge on any atom is 0.410 e. The van der Waals surface area contributed by atoms with Gasteiger partial charge in [-0.2, -0.15) is 0 Å². The van der Waals surface area contributed by atoms with E-state index in [2.05, 4.69) is 11.8 Å². The summed E-state index contributed by atoms with van der Waals surface area (Å²) in [6, 6.07) is 9.73. The molecule has 3 aliphatic rings. The van der Waals surface area contributed by atoms with Crippen molar-refractivity contribution in [3.05, 3.63) is 35.9 Å². The molecule has 138 valence electrons. The number of carbonyl (C=O) groups excluding carboxylic acids is 1. The zero-order chi connectivity index (χ0) is 18.0. The van der Waals surface area contributed by atoms with Crippen molar-refractivity contribution >= 4 is 6.09 Å². The Balaban J connectivity index is 1.47. The van der Waals surface area contributed by atoms with E-state index in [0.717, 1.165) is 31.2 Å². The standard InChI is InChI=1S/C21H25NO4/c23-20(26-17-10-14-25-15-17)22-13-9-18-19(22)7-4-11-21(18,24)12-8-16-5-2-1-3-6-16/h1-3,5-6,17-19,24H,4,7,9-11,13-15H2/t17-,18-,19-,21+/m1/s1. The molecule has 0 radical (unpaired) electrons. The van der Waals surface area contributed by atoms with Crippen molar-refractivity contribution in [1.29, 1.82) is 0 Å². The summed E-state index contributed by atoms with van der Waals surface area (Å²) in [6.07, 6.45) is 3.54. The van der Waals surface area contributed by atoms with E-state index in [1.54, 1.807) is 4.90 Å². The number of likely N-dealkylation sites (tertiary alicyclic amines) is 1. The van der Waals surface area contributed by atoms with Gasteiger partial charge in [0.25, 0.3) is 0 Å². The Bertz CT molecular complexity index is 704. The molecule has 1 aromatic carbocycles. The quantitative estimate of drug-likeness (QED) is 0.787. The Labute approximate surface area is 154 Å². The first-order valence-electron chi connectivity index (χ1n) is 9.51. The topological polar surface area (TPSA) is 59.0 Å². The summed E-state index contributed by atoms with van der Waals surface area (Å²) in [5, 5.41) is 11.2. The van der Waals surface area contributed by atoms with Gasteiger partial charge < -0.3 is 19.5 Å². The van der Waals surface area contributed by atoms with Crippen LogP contribution in [0, 0.1) is 17.8 Å². The molecule has 0 aromatic heterocycles. The molecule has 1 saturated carbocycles. The predicted molar refractivity (Wildman–Crippen MR) is 96.4 cm³/mol. The Hall–Kier alpha value is -2.03. The second-order valence-corrected chi connectivity index (χ2v) is 7.46. The van der Waals surface area contributed by atoms with Crippen LogP contribution in [0.1, 0.15) is 37.7 Å². The van der Waals surface area contributed by atoms with E-state index >= 15 is 0 Å². The van der Waals surface area contributed by atoms with Crippen LogP contribution in [0.25, 0.3) is 0 Å². The largest absolute Gasteiger partial charge is 0.444 e. The minimum atomic E-state index is -1.04. The normalized spacial score (nSPS) is 33.3.